The lowest BCUT2D eigenvalue weighted by Gasteiger charge is -1.99. The van der Waals surface area contributed by atoms with E-state index in [1.165, 1.54) is 0 Å². The van der Waals surface area contributed by atoms with Crippen LogP contribution >= 0.6 is 11.6 Å². The summed E-state index contributed by atoms with van der Waals surface area (Å²) in [5, 5.41) is 3.94. The number of halogens is 1. The van der Waals surface area contributed by atoms with Gasteiger partial charge < -0.3 is 5.32 Å². The third-order valence-electron chi connectivity index (χ3n) is 2.21. The van der Waals surface area contributed by atoms with Crippen LogP contribution in [0.25, 0.3) is 0 Å². The van der Waals surface area contributed by atoms with Crippen LogP contribution in [0.2, 0.25) is 5.02 Å². The summed E-state index contributed by atoms with van der Waals surface area (Å²) < 4.78 is 0. The standard InChI is InChI=1S/C15H12ClN/c16-14-8-4-6-13(12-14)7-5-11-17-15-9-2-1-3-10-15/h1-4,6,8-10,12,17H,11H2. The van der Waals surface area contributed by atoms with Gasteiger partial charge in [-0.3, -0.25) is 0 Å². The summed E-state index contributed by atoms with van der Waals surface area (Å²) in [5.74, 6) is 6.12. The number of benzene rings is 2. The van der Waals surface area contributed by atoms with Gasteiger partial charge in [0.15, 0.2) is 0 Å². The molecule has 2 aromatic rings. The summed E-state index contributed by atoms with van der Waals surface area (Å²) >= 11 is 5.87. The van der Waals surface area contributed by atoms with Crippen LogP contribution in [0.5, 0.6) is 0 Å². The molecule has 17 heavy (non-hydrogen) atoms. The van der Waals surface area contributed by atoms with E-state index in [-0.39, 0.29) is 0 Å². The van der Waals surface area contributed by atoms with E-state index in [0.717, 1.165) is 11.3 Å². The zero-order chi connectivity index (χ0) is 11.9. The van der Waals surface area contributed by atoms with E-state index in [2.05, 4.69) is 17.2 Å². The fourth-order valence-electron chi connectivity index (χ4n) is 1.41. The Bertz CT molecular complexity index is 538. The molecule has 0 radical (unpaired) electrons. The second-order valence-corrected chi connectivity index (χ2v) is 3.97. The number of hydrogen-bond acceptors (Lipinski definition) is 1. The minimum Gasteiger partial charge on any atom is -0.374 e. The normalized spacial score (nSPS) is 9.24. The number of nitrogens with one attached hydrogen (secondary N) is 1. The lowest BCUT2D eigenvalue weighted by atomic mass is 10.2. The van der Waals surface area contributed by atoms with Crippen molar-refractivity contribution in [2.75, 3.05) is 11.9 Å². The lowest BCUT2D eigenvalue weighted by molar-refractivity contribution is 1.38. The molecule has 2 heteroatoms. The quantitative estimate of drug-likeness (QED) is 0.789. The van der Waals surface area contributed by atoms with Crippen LogP contribution in [0.4, 0.5) is 5.69 Å². The van der Waals surface area contributed by atoms with E-state index in [0.29, 0.717) is 11.6 Å². The average molecular weight is 242 g/mol. The highest BCUT2D eigenvalue weighted by molar-refractivity contribution is 6.30. The van der Waals surface area contributed by atoms with Crippen LogP contribution in [-0.4, -0.2) is 6.54 Å². The summed E-state index contributed by atoms with van der Waals surface area (Å²) in [5.41, 5.74) is 2.01. The second-order valence-electron chi connectivity index (χ2n) is 3.53. The van der Waals surface area contributed by atoms with Crippen molar-refractivity contribution in [3.8, 4) is 11.8 Å². The first-order chi connectivity index (χ1) is 8.34. The first-order valence-electron chi connectivity index (χ1n) is 5.38. The van der Waals surface area contributed by atoms with Gasteiger partial charge in [-0.25, -0.2) is 0 Å². The van der Waals surface area contributed by atoms with E-state index >= 15 is 0 Å². The third kappa shape index (κ3) is 3.86. The van der Waals surface area contributed by atoms with Crippen LogP contribution in [0.15, 0.2) is 54.6 Å². The zero-order valence-corrected chi connectivity index (χ0v) is 10.0. The van der Waals surface area contributed by atoms with E-state index in [1.807, 2.05) is 54.6 Å². The van der Waals surface area contributed by atoms with Gasteiger partial charge in [-0.05, 0) is 30.3 Å². The van der Waals surface area contributed by atoms with Gasteiger partial charge >= 0.3 is 0 Å². The molecule has 0 saturated carbocycles. The molecule has 0 aromatic heterocycles. The van der Waals surface area contributed by atoms with Crippen molar-refractivity contribution in [1.82, 2.24) is 0 Å². The monoisotopic (exact) mass is 241 g/mol. The van der Waals surface area contributed by atoms with Gasteiger partial charge in [0.25, 0.3) is 0 Å². The SMILES string of the molecule is Clc1cccc(C#CCNc2ccccc2)c1. The number of rotatable bonds is 2. The molecule has 0 fully saturated rings. The third-order valence-corrected chi connectivity index (χ3v) is 2.45. The molecule has 0 aliphatic rings. The molecule has 0 amide bonds. The summed E-state index contributed by atoms with van der Waals surface area (Å²) in [6.45, 7) is 0.622. The van der Waals surface area contributed by atoms with E-state index < -0.39 is 0 Å². The van der Waals surface area contributed by atoms with Crippen molar-refractivity contribution in [3.05, 3.63) is 65.2 Å². The van der Waals surface area contributed by atoms with Gasteiger partial charge in [-0.1, -0.05) is 47.7 Å². The van der Waals surface area contributed by atoms with E-state index in [1.54, 1.807) is 0 Å². The average Bonchev–Trinajstić information content (AvgIpc) is 2.36. The highest BCUT2D eigenvalue weighted by Gasteiger charge is 1.88. The first kappa shape index (κ1) is 11.6. The minimum atomic E-state index is 0.622. The molecule has 2 rings (SSSR count). The lowest BCUT2D eigenvalue weighted by Crippen LogP contribution is -1.97. The fraction of sp³-hybridized carbons (Fsp3) is 0.0667. The molecule has 0 spiro atoms. The molecule has 1 N–H and O–H groups in total. The molecule has 1 nitrogen and oxygen atoms in total. The molecule has 0 saturated heterocycles. The second kappa shape index (κ2) is 5.98. The number of hydrogen-bond donors (Lipinski definition) is 1. The molecule has 2 aromatic carbocycles. The molecule has 0 aliphatic heterocycles. The maximum absolute atomic E-state index is 5.87. The Hall–Kier alpha value is -1.91. The first-order valence-corrected chi connectivity index (χ1v) is 5.76. The van der Waals surface area contributed by atoms with Gasteiger partial charge in [0, 0.05) is 16.3 Å². The minimum absolute atomic E-state index is 0.622. The summed E-state index contributed by atoms with van der Waals surface area (Å²) in [6.07, 6.45) is 0. The Labute approximate surface area is 106 Å². The van der Waals surface area contributed by atoms with Gasteiger partial charge in [-0.15, -0.1) is 0 Å². The van der Waals surface area contributed by atoms with Crippen LogP contribution in [0.1, 0.15) is 5.56 Å². The van der Waals surface area contributed by atoms with Crippen molar-refractivity contribution < 1.29 is 0 Å². The van der Waals surface area contributed by atoms with Crippen molar-refractivity contribution in [2.45, 2.75) is 0 Å². The predicted molar refractivity (Wildman–Crippen MR) is 73.3 cm³/mol. The maximum atomic E-state index is 5.87. The van der Waals surface area contributed by atoms with Crippen LogP contribution in [0.3, 0.4) is 0 Å². The maximum Gasteiger partial charge on any atom is 0.0769 e. The Morgan fingerprint density at radius 3 is 2.59 bits per heavy atom. The van der Waals surface area contributed by atoms with E-state index in [4.69, 9.17) is 11.6 Å². The van der Waals surface area contributed by atoms with E-state index in [9.17, 15) is 0 Å². The number of para-hydroxylation sites is 1. The summed E-state index contributed by atoms with van der Waals surface area (Å²) in [6, 6.07) is 17.6. The highest BCUT2D eigenvalue weighted by Crippen LogP contribution is 2.09. The zero-order valence-electron chi connectivity index (χ0n) is 9.28. The topological polar surface area (TPSA) is 12.0 Å². The molecule has 0 heterocycles. The van der Waals surface area contributed by atoms with Gasteiger partial charge in [0.2, 0.25) is 0 Å². The fourth-order valence-corrected chi connectivity index (χ4v) is 1.61. The molecule has 0 unspecified atom stereocenters. The Morgan fingerprint density at radius 2 is 1.82 bits per heavy atom. The molecule has 0 aliphatic carbocycles. The highest BCUT2D eigenvalue weighted by atomic mass is 35.5. The smallest absolute Gasteiger partial charge is 0.0769 e. The van der Waals surface area contributed by atoms with Gasteiger partial charge in [-0.2, -0.15) is 0 Å². The summed E-state index contributed by atoms with van der Waals surface area (Å²) in [4.78, 5) is 0. The molecular formula is C15H12ClN. The summed E-state index contributed by atoms with van der Waals surface area (Å²) in [7, 11) is 0. The van der Waals surface area contributed by atoms with Crippen LogP contribution in [-0.2, 0) is 0 Å². The molecule has 0 bridgehead atoms. The van der Waals surface area contributed by atoms with Gasteiger partial charge in [0.05, 0.1) is 6.54 Å². The van der Waals surface area contributed by atoms with Crippen molar-refractivity contribution in [3.63, 3.8) is 0 Å². The van der Waals surface area contributed by atoms with Crippen LogP contribution in [0, 0.1) is 11.8 Å². The largest absolute Gasteiger partial charge is 0.374 e. The Kier molecular flexibility index (Phi) is 4.07. The Morgan fingerprint density at radius 1 is 1.00 bits per heavy atom. The number of anilines is 1. The van der Waals surface area contributed by atoms with Crippen molar-refractivity contribution in [1.29, 1.82) is 0 Å². The molecular weight excluding hydrogens is 230 g/mol. The Balaban J connectivity index is 1.91. The predicted octanol–water partition coefficient (Wildman–Crippen LogP) is 3.80. The van der Waals surface area contributed by atoms with Gasteiger partial charge in [0.1, 0.15) is 0 Å². The van der Waals surface area contributed by atoms with Crippen molar-refractivity contribution >= 4 is 17.3 Å². The van der Waals surface area contributed by atoms with Crippen molar-refractivity contribution in [2.24, 2.45) is 0 Å². The molecule has 84 valence electrons. The molecule has 0 atom stereocenters. The van der Waals surface area contributed by atoms with Crippen LogP contribution < -0.4 is 5.32 Å².